The van der Waals surface area contributed by atoms with Crippen LogP contribution in [0.15, 0.2) is 78.9 Å². The summed E-state index contributed by atoms with van der Waals surface area (Å²) in [5.74, 6) is -0.464. The number of carbonyl (C=O) groups excluding carboxylic acids is 2. The molecule has 0 N–H and O–H groups in total. The highest BCUT2D eigenvalue weighted by Crippen LogP contribution is 2.18. The van der Waals surface area contributed by atoms with Gasteiger partial charge in [0.25, 0.3) is 5.69 Å². The van der Waals surface area contributed by atoms with Crippen molar-refractivity contribution in [2.45, 2.75) is 0 Å². The van der Waals surface area contributed by atoms with Crippen molar-refractivity contribution in [3.8, 4) is 11.5 Å². The van der Waals surface area contributed by atoms with Crippen LogP contribution < -0.4 is 9.47 Å². The van der Waals surface area contributed by atoms with Crippen molar-refractivity contribution in [2.75, 3.05) is 13.2 Å². The standard InChI is InChI=1S/C22H17NO7/c24-21(29-14-13-28-19-6-2-1-3-7-19)17-5-4-8-20(15-17)30-22(25)16-9-11-18(12-10-16)23(26)27/h1-12,15H,13-14H2. The quantitative estimate of drug-likeness (QED) is 0.182. The van der Waals surface area contributed by atoms with E-state index in [1.165, 1.54) is 42.5 Å². The van der Waals surface area contributed by atoms with Gasteiger partial charge in [-0.05, 0) is 42.5 Å². The molecule has 0 fully saturated rings. The number of esters is 2. The molecule has 0 aromatic heterocycles. The van der Waals surface area contributed by atoms with Gasteiger partial charge < -0.3 is 14.2 Å². The predicted octanol–water partition coefficient (Wildman–Crippen LogP) is 4.05. The summed E-state index contributed by atoms with van der Waals surface area (Å²) in [6, 6.07) is 20.1. The van der Waals surface area contributed by atoms with Gasteiger partial charge in [0.15, 0.2) is 0 Å². The molecule has 0 atom stereocenters. The summed E-state index contributed by atoms with van der Waals surface area (Å²) in [4.78, 5) is 34.5. The van der Waals surface area contributed by atoms with Gasteiger partial charge in [0.05, 0.1) is 16.1 Å². The lowest BCUT2D eigenvalue weighted by atomic mass is 10.2. The number of nitro groups is 1. The molecule has 30 heavy (non-hydrogen) atoms. The lowest BCUT2D eigenvalue weighted by Gasteiger charge is -2.08. The van der Waals surface area contributed by atoms with E-state index in [2.05, 4.69) is 0 Å². The van der Waals surface area contributed by atoms with Crippen LogP contribution in [0.25, 0.3) is 0 Å². The molecule has 0 aliphatic heterocycles. The molecule has 152 valence electrons. The highest BCUT2D eigenvalue weighted by molar-refractivity contribution is 5.92. The zero-order valence-electron chi connectivity index (χ0n) is 15.7. The fourth-order valence-electron chi connectivity index (χ4n) is 2.47. The fraction of sp³-hybridized carbons (Fsp3) is 0.0909. The number of hydrogen-bond acceptors (Lipinski definition) is 7. The molecule has 0 aliphatic rings. The summed E-state index contributed by atoms with van der Waals surface area (Å²) >= 11 is 0. The molecule has 0 unspecified atom stereocenters. The van der Waals surface area contributed by atoms with Crippen LogP contribution in [0.2, 0.25) is 0 Å². The van der Waals surface area contributed by atoms with E-state index in [0.717, 1.165) is 0 Å². The number of ether oxygens (including phenoxy) is 3. The summed E-state index contributed by atoms with van der Waals surface area (Å²) in [6.45, 7) is 0.255. The van der Waals surface area contributed by atoms with Crippen LogP contribution in [0, 0.1) is 10.1 Å². The number of benzene rings is 3. The summed E-state index contributed by atoms with van der Waals surface area (Å²) in [7, 11) is 0. The Hall–Kier alpha value is -4.20. The Balaban J connectivity index is 1.53. The monoisotopic (exact) mass is 407 g/mol. The maximum absolute atomic E-state index is 12.2. The minimum atomic E-state index is -0.702. The van der Waals surface area contributed by atoms with Gasteiger partial charge in [-0.2, -0.15) is 0 Å². The van der Waals surface area contributed by atoms with Crippen molar-refractivity contribution in [3.63, 3.8) is 0 Å². The van der Waals surface area contributed by atoms with Crippen LogP contribution in [0.5, 0.6) is 11.5 Å². The number of non-ortho nitro benzene ring substituents is 1. The first-order valence-electron chi connectivity index (χ1n) is 8.94. The third-order valence-electron chi connectivity index (χ3n) is 3.92. The van der Waals surface area contributed by atoms with Crippen molar-refractivity contribution < 1.29 is 28.7 Å². The molecule has 0 aliphatic carbocycles. The van der Waals surface area contributed by atoms with E-state index in [1.807, 2.05) is 18.2 Å². The fourth-order valence-corrected chi connectivity index (χ4v) is 2.47. The molecular formula is C22H17NO7. The van der Waals surface area contributed by atoms with E-state index in [1.54, 1.807) is 18.2 Å². The molecule has 3 rings (SSSR count). The van der Waals surface area contributed by atoms with Gasteiger partial charge in [0, 0.05) is 12.1 Å². The van der Waals surface area contributed by atoms with Gasteiger partial charge in [-0.1, -0.05) is 24.3 Å². The molecule has 3 aromatic rings. The summed E-state index contributed by atoms with van der Waals surface area (Å²) in [5.41, 5.74) is 0.225. The Labute approximate surface area is 171 Å². The highest BCUT2D eigenvalue weighted by Gasteiger charge is 2.13. The molecule has 0 heterocycles. The Morgan fingerprint density at radius 3 is 2.17 bits per heavy atom. The number of rotatable bonds is 8. The number of hydrogen-bond donors (Lipinski definition) is 0. The molecule has 0 saturated carbocycles. The molecule has 8 nitrogen and oxygen atoms in total. The van der Waals surface area contributed by atoms with E-state index < -0.39 is 16.9 Å². The van der Waals surface area contributed by atoms with Gasteiger partial charge in [0.1, 0.15) is 24.7 Å². The maximum Gasteiger partial charge on any atom is 0.343 e. The predicted molar refractivity (Wildman–Crippen MR) is 107 cm³/mol. The number of carbonyl (C=O) groups is 2. The van der Waals surface area contributed by atoms with Crippen LogP contribution in [-0.4, -0.2) is 30.1 Å². The van der Waals surface area contributed by atoms with Crippen LogP contribution in [0.3, 0.4) is 0 Å². The Morgan fingerprint density at radius 1 is 0.767 bits per heavy atom. The average molecular weight is 407 g/mol. The molecule has 0 amide bonds. The summed E-state index contributed by atoms with van der Waals surface area (Å²) in [6.07, 6.45) is 0. The minimum Gasteiger partial charge on any atom is -0.490 e. The molecule has 3 aromatic carbocycles. The van der Waals surface area contributed by atoms with Gasteiger partial charge in [-0.3, -0.25) is 10.1 Å². The van der Waals surface area contributed by atoms with E-state index in [0.29, 0.717) is 5.75 Å². The smallest absolute Gasteiger partial charge is 0.343 e. The van der Waals surface area contributed by atoms with Crippen molar-refractivity contribution in [3.05, 3.63) is 100 Å². The van der Waals surface area contributed by atoms with E-state index >= 15 is 0 Å². The summed E-state index contributed by atoms with van der Waals surface area (Å²) in [5, 5.41) is 10.7. The second-order valence-corrected chi connectivity index (χ2v) is 6.02. The van der Waals surface area contributed by atoms with Crippen LogP contribution in [-0.2, 0) is 4.74 Å². The maximum atomic E-state index is 12.2. The van der Waals surface area contributed by atoms with Crippen molar-refractivity contribution in [1.29, 1.82) is 0 Å². The lowest BCUT2D eigenvalue weighted by molar-refractivity contribution is -0.384. The largest absolute Gasteiger partial charge is 0.490 e. The normalized spacial score (nSPS) is 10.1. The highest BCUT2D eigenvalue weighted by atomic mass is 16.6. The molecule has 0 saturated heterocycles. The van der Waals surface area contributed by atoms with Crippen LogP contribution in [0.4, 0.5) is 5.69 Å². The average Bonchev–Trinajstić information content (AvgIpc) is 2.77. The number of nitro benzene ring substituents is 1. The molecular weight excluding hydrogens is 390 g/mol. The third-order valence-corrected chi connectivity index (χ3v) is 3.92. The van der Waals surface area contributed by atoms with Gasteiger partial charge in [0.2, 0.25) is 0 Å². The minimum absolute atomic E-state index is 0.0561. The Bertz CT molecular complexity index is 1030. The first-order valence-corrected chi connectivity index (χ1v) is 8.94. The third kappa shape index (κ3) is 5.65. The first-order chi connectivity index (χ1) is 14.5. The van der Waals surface area contributed by atoms with E-state index in [4.69, 9.17) is 14.2 Å². The van der Waals surface area contributed by atoms with Gasteiger partial charge in [-0.25, -0.2) is 9.59 Å². The second kappa shape index (κ2) is 9.83. The van der Waals surface area contributed by atoms with Crippen LogP contribution >= 0.6 is 0 Å². The topological polar surface area (TPSA) is 105 Å². The molecule has 0 spiro atoms. The zero-order valence-corrected chi connectivity index (χ0v) is 15.7. The van der Waals surface area contributed by atoms with E-state index in [9.17, 15) is 19.7 Å². The van der Waals surface area contributed by atoms with E-state index in [-0.39, 0.29) is 35.8 Å². The van der Waals surface area contributed by atoms with Gasteiger partial charge >= 0.3 is 11.9 Å². The molecule has 0 radical (unpaired) electrons. The first kappa shape index (κ1) is 20.5. The molecule has 8 heteroatoms. The Kier molecular flexibility index (Phi) is 6.73. The number of para-hydroxylation sites is 1. The summed E-state index contributed by atoms with van der Waals surface area (Å²) < 4.78 is 15.8. The molecule has 0 bridgehead atoms. The van der Waals surface area contributed by atoms with Gasteiger partial charge in [-0.15, -0.1) is 0 Å². The second-order valence-electron chi connectivity index (χ2n) is 6.02. The SMILES string of the molecule is O=C(OCCOc1ccccc1)c1cccc(OC(=O)c2ccc([N+](=O)[O-])cc2)c1. The van der Waals surface area contributed by atoms with Crippen LogP contribution in [0.1, 0.15) is 20.7 Å². The zero-order chi connectivity index (χ0) is 21.3. The van der Waals surface area contributed by atoms with Crippen molar-refractivity contribution >= 4 is 17.6 Å². The van der Waals surface area contributed by atoms with Crippen molar-refractivity contribution in [1.82, 2.24) is 0 Å². The lowest BCUT2D eigenvalue weighted by Crippen LogP contribution is -2.13. The Morgan fingerprint density at radius 2 is 1.47 bits per heavy atom. The van der Waals surface area contributed by atoms with Crippen molar-refractivity contribution in [2.24, 2.45) is 0 Å². The number of nitrogens with zero attached hydrogens (tertiary/aromatic N) is 1.